The van der Waals surface area contributed by atoms with Gasteiger partial charge in [0.2, 0.25) is 0 Å². The van der Waals surface area contributed by atoms with Crippen LogP contribution in [-0.2, 0) is 11.2 Å². The first kappa shape index (κ1) is 11.1. The zero-order valence-electron chi connectivity index (χ0n) is 9.59. The maximum atomic E-state index is 10.6. The van der Waals surface area contributed by atoms with Gasteiger partial charge in [-0.2, -0.15) is 0 Å². The van der Waals surface area contributed by atoms with Crippen LogP contribution in [0.5, 0.6) is 0 Å². The maximum absolute atomic E-state index is 10.6. The number of carbonyl (C=O) groups is 1. The number of pyridine rings is 1. The van der Waals surface area contributed by atoms with E-state index in [2.05, 4.69) is 21.8 Å². The SMILES string of the molecule is CN1CCN(c2ccncc2CC=O)CC1. The molecule has 16 heavy (non-hydrogen) atoms. The van der Waals surface area contributed by atoms with E-state index in [9.17, 15) is 4.79 Å². The molecule has 0 amide bonds. The summed E-state index contributed by atoms with van der Waals surface area (Å²) in [5.74, 6) is 0. The topological polar surface area (TPSA) is 36.4 Å². The van der Waals surface area contributed by atoms with E-state index in [4.69, 9.17) is 0 Å². The standard InChI is InChI=1S/C12H17N3O/c1-14-5-7-15(8-6-14)12-2-4-13-10-11(12)3-9-16/h2,4,9-10H,3,5-8H2,1H3. The molecule has 1 aliphatic heterocycles. The van der Waals surface area contributed by atoms with Crippen molar-refractivity contribution in [3.8, 4) is 0 Å². The Bertz CT molecular complexity index is 359. The fraction of sp³-hybridized carbons (Fsp3) is 0.500. The second-order valence-corrected chi connectivity index (χ2v) is 4.17. The van der Waals surface area contributed by atoms with E-state index in [-0.39, 0.29) is 0 Å². The highest BCUT2D eigenvalue weighted by Crippen LogP contribution is 2.20. The molecule has 0 radical (unpaired) electrons. The summed E-state index contributed by atoms with van der Waals surface area (Å²) in [5, 5.41) is 0. The minimum absolute atomic E-state index is 0.454. The molecule has 2 rings (SSSR count). The molecule has 1 aliphatic rings. The zero-order chi connectivity index (χ0) is 11.4. The van der Waals surface area contributed by atoms with Crippen LogP contribution in [-0.4, -0.2) is 49.4 Å². The number of nitrogens with zero attached hydrogens (tertiary/aromatic N) is 3. The third kappa shape index (κ3) is 2.39. The Morgan fingerprint density at radius 3 is 2.81 bits per heavy atom. The van der Waals surface area contributed by atoms with Gasteiger partial charge in [0.1, 0.15) is 6.29 Å². The third-order valence-corrected chi connectivity index (χ3v) is 3.03. The second kappa shape index (κ2) is 5.07. The Balaban J connectivity index is 2.16. The summed E-state index contributed by atoms with van der Waals surface area (Å²) < 4.78 is 0. The molecule has 4 heteroatoms. The Hall–Kier alpha value is -1.42. The number of anilines is 1. The van der Waals surface area contributed by atoms with Crippen molar-refractivity contribution < 1.29 is 4.79 Å². The number of hydrogen-bond donors (Lipinski definition) is 0. The van der Waals surface area contributed by atoms with Crippen molar-refractivity contribution in [1.82, 2.24) is 9.88 Å². The van der Waals surface area contributed by atoms with Gasteiger partial charge < -0.3 is 14.6 Å². The molecule has 0 unspecified atom stereocenters. The molecule has 0 bridgehead atoms. The molecule has 0 atom stereocenters. The molecule has 1 aromatic heterocycles. The van der Waals surface area contributed by atoms with Gasteiger partial charge in [0.05, 0.1) is 0 Å². The number of aldehydes is 1. The van der Waals surface area contributed by atoms with Gasteiger partial charge >= 0.3 is 0 Å². The molecule has 0 saturated carbocycles. The lowest BCUT2D eigenvalue weighted by Gasteiger charge is -2.34. The molecule has 1 fully saturated rings. The molecular weight excluding hydrogens is 202 g/mol. The number of likely N-dealkylation sites (N-methyl/N-ethyl adjacent to an activating group) is 1. The maximum Gasteiger partial charge on any atom is 0.124 e. The first-order chi connectivity index (χ1) is 7.81. The smallest absolute Gasteiger partial charge is 0.124 e. The van der Waals surface area contributed by atoms with Crippen LogP contribution < -0.4 is 4.90 Å². The van der Waals surface area contributed by atoms with E-state index in [1.54, 1.807) is 12.4 Å². The van der Waals surface area contributed by atoms with Crippen LogP contribution in [0, 0.1) is 0 Å². The van der Waals surface area contributed by atoms with E-state index in [1.807, 2.05) is 6.07 Å². The molecule has 0 N–H and O–H groups in total. The highest BCUT2D eigenvalue weighted by molar-refractivity contribution is 5.63. The average molecular weight is 219 g/mol. The van der Waals surface area contributed by atoms with E-state index in [1.165, 1.54) is 0 Å². The minimum Gasteiger partial charge on any atom is -0.369 e. The lowest BCUT2D eigenvalue weighted by Crippen LogP contribution is -2.44. The minimum atomic E-state index is 0.454. The predicted molar refractivity (Wildman–Crippen MR) is 63.7 cm³/mol. The molecule has 2 heterocycles. The monoisotopic (exact) mass is 219 g/mol. The Morgan fingerprint density at radius 2 is 2.12 bits per heavy atom. The molecule has 0 spiro atoms. The van der Waals surface area contributed by atoms with Crippen molar-refractivity contribution in [1.29, 1.82) is 0 Å². The van der Waals surface area contributed by atoms with Gasteiger partial charge in [0.15, 0.2) is 0 Å². The van der Waals surface area contributed by atoms with E-state index >= 15 is 0 Å². The van der Waals surface area contributed by atoms with Crippen LogP contribution in [0.3, 0.4) is 0 Å². The first-order valence-electron chi connectivity index (χ1n) is 5.61. The molecular formula is C12H17N3O. The molecule has 4 nitrogen and oxygen atoms in total. The zero-order valence-corrected chi connectivity index (χ0v) is 9.59. The summed E-state index contributed by atoms with van der Waals surface area (Å²) >= 11 is 0. The lowest BCUT2D eigenvalue weighted by atomic mass is 10.1. The van der Waals surface area contributed by atoms with Crippen LogP contribution in [0.4, 0.5) is 5.69 Å². The largest absolute Gasteiger partial charge is 0.369 e. The molecule has 1 aromatic rings. The summed E-state index contributed by atoms with van der Waals surface area (Å²) in [7, 11) is 2.14. The summed E-state index contributed by atoms with van der Waals surface area (Å²) in [6, 6.07) is 2.00. The van der Waals surface area contributed by atoms with Crippen molar-refractivity contribution in [3.63, 3.8) is 0 Å². The van der Waals surface area contributed by atoms with Gasteiger partial charge in [-0.1, -0.05) is 0 Å². The fourth-order valence-electron chi connectivity index (χ4n) is 2.02. The number of carbonyl (C=O) groups excluding carboxylic acids is 1. The number of hydrogen-bond acceptors (Lipinski definition) is 4. The van der Waals surface area contributed by atoms with Gasteiger partial charge in [-0.3, -0.25) is 4.98 Å². The number of piperazine rings is 1. The second-order valence-electron chi connectivity index (χ2n) is 4.17. The van der Waals surface area contributed by atoms with Crippen LogP contribution >= 0.6 is 0 Å². The van der Waals surface area contributed by atoms with Crippen molar-refractivity contribution in [2.45, 2.75) is 6.42 Å². The molecule has 1 saturated heterocycles. The number of aromatic nitrogens is 1. The van der Waals surface area contributed by atoms with Crippen molar-refractivity contribution >= 4 is 12.0 Å². The highest BCUT2D eigenvalue weighted by atomic mass is 16.1. The molecule has 0 aliphatic carbocycles. The van der Waals surface area contributed by atoms with Gasteiger partial charge in [-0.15, -0.1) is 0 Å². The lowest BCUT2D eigenvalue weighted by molar-refractivity contribution is -0.107. The van der Waals surface area contributed by atoms with Crippen LogP contribution in [0.15, 0.2) is 18.5 Å². The summed E-state index contributed by atoms with van der Waals surface area (Å²) in [4.78, 5) is 19.3. The summed E-state index contributed by atoms with van der Waals surface area (Å²) in [6.45, 7) is 4.18. The summed E-state index contributed by atoms with van der Waals surface area (Å²) in [6.07, 6.45) is 4.98. The van der Waals surface area contributed by atoms with Crippen LogP contribution in [0.2, 0.25) is 0 Å². The quantitative estimate of drug-likeness (QED) is 0.697. The van der Waals surface area contributed by atoms with Gasteiger partial charge in [0.25, 0.3) is 0 Å². The summed E-state index contributed by atoms with van der Waals surface area (Å²) in [5.41, 5.74) is 2.19. The Kier molecular flexibility index (Phi) is 3.51. The van der Waals surface area contributed by atoms with Crippen molar-refractivity contribution in [2.24, 2.45) is 0 Å². The Morgan fingerprint density at radius 1 is 1.38 bits per heavy atom. The Labute approximate surface area is 95.9 Å². The van der Waals surface area contributed by atoms with E-state index in [0.29, 0.717) is 6.42 Å². The van der Waals surface area contributed by atoms with Crippen molar-refractivity contribution in [3.05, 3.63) is 24.0 Å². The van der Waals surface area contributed by atoms with E-state index < -0.39 is 0 Å². The van der Waals surface area contributed by atoms with Crippen molar-refractivity contribution in [2.75, 3.05) is 38.1 Å². The molecule has 86 valence electrons. The van der Waals surface area contributed by atoms with E-state index in [0.717, 1.165) is 43.7 Å². The van der Waals surface area contributed by atoms with Gasteiger partial charge in [0, 0.05) is 56.2 Å². The highest BCUT2D eigenvalue weighted by Gasteiger charge is 2.16. The van der Waals surface area contributed by atoms with Crippen LogP contribution in [0.1, 0.15) is 5.56 Å². The number of rotatable bonds is 3. The average Bonchev–Trinajstić information content (AvgIpc) is 2.32. The third-order valence-electron chi connectivity index (χ3n) is 3.03. The van der Waals surface area contributed by atoms with Gasteiger partial charge in [-0.25, -0.2) is 0 Å². The molecule has 0 aromatic carbocycles. The predicted octanol–water partition coefficient (Wildman–Crippen LogP) is 0.575. The normalized spacial score (nSPS) is 17.4. The van der Waals surface area contributed by atoms with Crippen LogP contribution in [0.25, 0.3) is 0 Å². The van der Waals surface area contributed by atoms with Gasteiger partial charge in [-0.05, 0) is 13.1 Å². The fourth-order valence-corrected chi connectivity index (χ4v) is 2.02. The first-order valence-corrected chi connectivity index (χ1v) is 5.61.